The van der Waals surface area contributed by atoms with Crippen molar-refractivity contribution in [3.05, 3.63) is 30.1 Å². The van der Waals surface area contributed by atoms with E-state index in [9.17, 15) is 4.79 Å². The van der Waals surface area contributed by atoms with E-state index in [0.717, 1.165) is 30.7 Å². The molecule has 0 saturated heterocycles. The topological polar surface area (TPSA) is 103 Å². The number of nitrogens with one attached hydrogen (secondary N) is 1. The molecule has 1 saturated carbocycles. The third kappa shape index (κ3) is 3.56. The van der Waals surface area contributed by atoms with Crippen molar-refractivity contribution in [1.29, 1.82) is 0 Å². The maximum atomic E-state index is 12.1. The van der Waals surface area contributed by atoms with Crippen LogP contribution in [0.25, 0.3) is 0 Å². The van der Waals surface area contributed by atoms with Gasteiger partial charge in [0.2, 0.25) is 11.9 Å². The number of nitrogens with two attached hydrogens (primary N) is 1. The standard InChI is InChI=1S/C16H19N5O2/c1-23-11-8-6-10(7-9-11)18-16-20-14(19-15(17)21-16)12-4-2-3-5-13(12)22/h6-9,12H,2-5H2,1H3,(H3,17,18,19,20,21). The van der Waals surface area contributed by atoms with Gasteiger partial charge in [0.1, 0.15) is 17.4 Å². The molecule has 7 nitrogen and oxygen atoms in total. The number of nitrogens with zero attached hydrogens (tertiary/aromatic N) is 3. The number of nitrogen functional groups attached to an aromatic ring is 1. The van der Waals surface area contributed by atoms with Crippen molar-refractivity contribution in [2.75, 3.05) is 18.2 Å². The first kappa shape index (κ1) is 15.2. The summed E-state index contributed by atoms with van der Waals surface area (Å²) in [4.78, 5) is 24.7. The molecule has 1 aromatic heterocycles. The average Bonchev–Trinajstić information content (AvgIpc) is 2.55. The van der Waals surface area contributed by atoms with Gasteiger partial charge in [-0.25, -0.2) is 0 Å². The van der Waals surface area contributed by atoms with Crippen molar-refractivity contribution >= 4 is 23.4 Å². The summed E-state index contributed by atoms with van der Waals surface area (Å²) in [6.45, 7) is 0. The first-order valence-electron chi connectivity index (χ1n) is 7.61. The van der Waals surface area contributed by atoms with Gasteiger partial charge in [-0.1, -0.05) is 6.42 Å². The Bertz CT molecular complexity index is 702. The van der Waals surface area contributed by atoms with Gasteiger partial charge in [0.25, 0.3) is 0 Å². The van der Waals surface area contributed by atoms with Crippen molar-refractivity contribution in [3.8, 4) is 5.75 Å². The van der Waals surface area contributed by atoms with Gasteiger partial charge < -0.3 is 15.8 Å². The zero-order valence-electron chi connectivity index (χ0n) is 13.0. The van der Waals surface area contributed by atoms with Crippen LogP contribution in [-0.2, 0) is 4.79 Å². The molecule has 1 aromatic carbocycles. The Morgan fingerprint density at radius 2 is 1.96 bits per heavy atom. The summed E-state index contributed by atoms with van der Waals surface area (Å²) < 4.78 is 5.12. The minimum Gasteiger partial charge on any atom is -0.497 e. The van der Waals surface area contributed by atoms with Crippen molar-refractivity contribution in [1.82, 2.24) is 15.0 Å². The number of carbonyl (C=O) groups excluding carboxylic acids is 1. The molecular formula is C16H19N5O2. The third-order valence-electron chi connectivity index (χ3n) is 3.88. The number of benzene rings is 1. The maximum Gasteiger partial charge on any atom is 0.232 e. The molecule has 120 valence electrons. The summed E-state index contributed by atoms with van der Waals surface area (Å²) >= 11 is 0. The summed E-state index contributed by atoms with van der Waals surface area (Å²) in [6.07, 6.45) is 3.29. The minimum atomic E-state index is -0.273. The van der Waals surface area contributed by atoms with Crippen molar-refractivity contribution in [2.24, 2.45) is 0 Å². The summed E-state index contributed by atoms with van der Waals surface area (Å²) in [5, 5.41) is 3.08. The molecule has 1 unspecified atom stereocenters. The number of hydrogen-bond donors (Lipinski definition) is 2. The molecule has 1 aliphatic carbocycles. The van der Waals surface area contributed by atoms with Crippen LogP contribution in [0.15, 0.2) is 24.3 Å². The zero-order valence-corrected chi connectivity index (χ0v) is 13.0. The van der Waals surface area contributed by atoms with E-state index in [2.05, 4.69) is 20.3 Å². The number of ether oxygens (including phenoxy) is 1. The molecule has 23 heavy (non-hydrogen) atoms. The SMILES string of the molecule is COc1ccc(Nc2nc(N)nc(C3CCCCC3=O)n2)cc1. The molecule has 0 bridgehead atoms. The van der Waals surface area contributed by atoms with Gasteiger partial charge in [-0.3, -0.25) is 4.79 Å². The average molecular weight is 313 g/mol. The highest BCUT2D eigenvalue weighted by atomic mass is 16.5. The predicted octanol–water partition coefficient (Wildman–Crippen LogP) is 2.43. The van der Waals surface area contributed by atoms with Gasteiger partial charge in [0.05, 0.1) is 13.0 Å². The fourth-order valence-electron chi connectivity index (χ4n) is 2.68. The summed E-state index contributed by atoms with van der Waals surface area (Å²) in [5.41, 5.74) is 6.58. The van der Waals surface area contributed by atoms with Crippen molar-refractivity contribution < 1.29 is 9.53 Å². The highest BCUT2D eigenvalue weighted by molar-refractivity contribution is 5.85. The number of rotatable bonds is 4. The first-order chi connectivity index (χ1) is 11.2. The van der Waals surface area contributed by atoms with E-state index in [4.69, 9.17) is 10.5 Å². The monoisotopic (exact) mass is 313 g/mol. The molecule has 1 aliphatic rings. The molecule has 3 rings (SSSR count). The van der Waals surface area contributed by atoms with E-state index in [-0.39, 0.29) is 17.6 Å². The van der Waals surface area contributed by atoms with Crippen LogP contribution >= 0.6 is 0 Å². The number of carbonyl (C=O) groups is 1. The lowest BCUT2D eigenvalue weighted by molar-refractivity contribution is -0.122. The zero-order chi connectivity index (χ0) is 16.2. The molecule has 0 amide bonds. The highest BCUT2D eigenvalue weighted by Gasteiger charge is 2.27. The Kier molecular flexibility index (Phi) is 4.36. The highest BCUT2D eigenvalue weighted by Crippen LogP contribution is 2.28. The Morgan fingerprint density at radius 3 is 2.65 bits per heavy atom. The molecule has 3 N–H and O–H groups in total. The third-order valence-corrected chi connectivity index (χ3v) is 3.88. The maximum absolute atomic E-state index is 12.1. The van der Waals surface area contributed by atoms with E-state index in [1.807, 2.05) is 24.3 Å². The van der Waals surface area contributed by atoms with E-state index in [1.165, 1.54) is 0 Å². The Morgan fingerprint density at radius 1 is 1.17 bits per heavy atom. The normalized spacial score (nSPS) is 17.8. The number of aromatic nitrogens is 3. The second-order valence-electron chi connectivity index (χ2n) is 5.49. The lowest BCUT2D eigenvalue weighted by Crippen LogP contribution is -2.21. The summed E-state index contributed by atoms with van der Waals surface area (Å²) in [5.74, 6) is 1.58. The quantitative estimate of drug-likeness (QED) is 0.893. The second-order valence-corrected chi connectivity index (χ2v) is 5.49. The molecule has 1 fully saturated rings. The van der Waals surface area contributed by atoms with Gasteiger partial charge in [-0.15, -0.1) is 0 Å². The lowest BCUT2D eigenvalue weighted by Gasteiger charge is -2.19. The van der Waals surface area contributed by atoms with E-state index >= 15 is 0 Å². The molecule has 0 radical (unpaired) electrons. The molecule has 0 aliphatic heterocycles. The van der Waals surface area contributed by atoms with Gasteiger partial charge in [-0.05, 0) is 37.1 Å². The number of hydrogen-bond acceptors (Lipinski definition) is 7. The summed E-state index contributed by atoms with van der Waals surface area (Å²) in [6, 6.07) is 7.37. The first-order valence-corrected chi connectivity index (χ1v) is 7.61. The molecule has 7 heteroatoms. The Labute approximate surface area is 134 Å². The van der Waals surface area contributed by atoms with Crippen LogP contribution < -0.4 is 15.8 Å². The van der Waals surface area contributed by atoms with Crippen LogP contribution in [-0.4, -0.2) is 27.8 Å². The van der Waals surface area contributed by atoms with Crippen molar-refractivity contribution in [2.45, 2.75) is 31.6 Å². The molecule has 0 spiro atoms. The van der Waals surface area contributed by atoms with Crippen LogP contribution in [0, 0.1) is 0 Å². The Hall–Kier alpha value is -2.70. The van der Waals surface area contributed by atoms with E-state index < -0.39 is 0 Å². The second kappa shape index (κ2) is 6.60. The molecule has 1 atom stereocenters. The largest absolute Gasteiger partial charge is 0.497 e. The Balaban J connectivity index is 1.83. The fraction of sp³-hybridized carbons (Fsp3) is 0.375. The smallest absolute Gasteiger partial charge is 0.232 e. The number of Topliss-reactive ketones (excluding diaryl/α,β-unsaturated/α-hetero) is 1. The van der Waals surface area contributed by atoms with Crippen LogP contribution in [0.3, 0.4) is 0 Å². The van der Waals surface area contributed by atoms with Gasteiger partial charge in [0.15, 0.2) is 0 Å². The fourth-order valence-corrected chi connectivity index (χ4v) is 2.68. The number of methoxy groups -OCH3 is 1. The van der Waals surface area contributed by atoms with Crippen LogP contribution in [0.5, 0.6) is 5.75 Å². The van der Waals surface area contributed by atoms with Gasteiger partial charge >= 0.3 is 0 Å². The predicted molar refractivity (Wildman–Crippen MR) is 86.7 cm³/mol. The molecular weight excluding hydrogens is 294 g/mol. The number of ketones is 1. The van der Waals surface area contributed by atoms with Crippen LogP contribution in [0.2, 0.25) is 0 Å². The lowest BCUT2D eigenvalue weighted by atomic mass is 9.87. The van der Waals surface area contributed by atoms with Crippen molar-refractivity contribution in [3.63, 3.8) is 0 Å². The van der Waals surface area contributed by atoms with Crippen LogP contribution in [0.1, 0.15) is 37.4 Å². The minimum absolute atomic E-state index is 0.115. The number of anilines is 3. The van der Waals surface area contributed by atoms with Gasteiger partial charge in [0, 0.05) is 12.1 Å². The van der Waals surface area contributed by atoms with E-state index in [0.29, 0.717) is 18.2 Å². The molecule has 2 aromatic rings. The van der Waals surface area contributed by atoms with Crippen LogP contribution in [0.4, 0.5) is 17.6 Å². The van der Waals surface area contributed by atoms with Gasteiger partial charge in [-0.2, -0.15) is 15.0 Å². The molecule has 1 heterocycles. The van der Waals surface area contributed by atoms with E-state index in [1.54, 1.807) is 7.11 Å². The summed E-state index contributed by atoms with van der Waals surface area (Å²) in [7, 11) is 1.61.